The Bertz CT molecular complexity index is 704. The standard InChI is InChI=1S/C17H19NO2S/c1-11-7-13(9-18-17(11)19)15-8-14(21-2)5-6-16(15)20-10-12-3-4-12/h5-9,12H,3-4,10H2,1-2H3,(H,18,19). The number of nitrogens with one attached hydrogen (secondary N) is 1. The summed E-state index contributed by atoms with van der Waals surface area (Å²) in [5, 5.41) is 0. The van der Waals surface area contributed by atoms with Crippen molar-refractivity contribution in [2.75, 3.05) is 12.9 Å². The topological polar surface area (TPSA) is 42.1 Å². The Labute approximate surface area is 128 Å². The summed E-state index contributed by atoms with van der Waals surface area (Å²) in [7, 11) is 0. The third kappa shape index (κ3) is 3.32. The number of aromatic nitrogens is 1. The lowest BCUT2D eigenvalue weighted by Gasteiger charge is -2.13. The van der Waals surface area contributed by atoms with Crippen molar-refractivity contribution in [1.82, 2.24) is 4.98 Å². The van der Waals surface area contributed by atoms with Gasteiger partial charge in [0.05, 0.1) is 6.61 Å². The van der Waals surface area contributed by atoms with Gasteiger partial charge in [-0.1, -0.05) is 0 Å². The number of rotatable bonds is 5. The van der Waals surface area contributed by atoms with Crippen LogP contribution in [0.15, 0.2) is 40.2 Å². The molecule has 0 unspecified atom stereocenters. The van der Waals surface area contributed by atoms with Gasteiger partial charge in [0.1, 0.15) is 5.75 Å². The summed E-state index contributed by atoms with van der Waals surface area (Å²) in [6, 6.07) is 8.15. The second-order valence-corrected chi connectivity index (χ2v) is 6.40. The first kappa shape index (κ1) is 14.3. The molecule has 0 atom stereocenters. The average Bonchev–Trinajstić information content (AvgIpc) is 3.32. The molecule has 0 saturated heterocycles. The summed E-state index contributed by atoms with van der Waals surface area (Å²) in [6.45, 7) is 2.61. The number of pyridine rings is 1. The minimum Gasteiger partial charge on any atom is -0.493 e. The van der Waals surface area contributed by atoms with Crippen molar-refractivity contribution in [3.8, 4) is 16.9 Å². The zero-order valence-corrected chi connectivity index (χ0v) is 13.1. The van der Waals surface area contributed by atoms with Gasteiger partial charge in [-0.05, 0) is 56.2 Å². The van der Waals surface area contributed by atoms with Crippen molar-refractivity contribution in [3.63, 3.8) is 0 Å². The fourth-order valence-electron chi connectivity index (χ4n) is 2.23. The maximum Gasteiger partial charge on any atom is 0.250 e. The summed E-state index contributed by atoms with van der Waals surface area (Å²) in [5.74, 6) is 1.61. The molecule has 3 rings (SSSR count). The van der Waals surface area contributed by atoms with Crippen molar-refractivity contribution in [1.29, 1.82) is 0 Å². The van der Waals surface area contributed by atoms with Crippen LogP contribution in [0.4, 0.5) is 0 Å². The molecule has 1 aliphatic rings. The molecule has 1 aromatic carbocycles. The number of hydrogen-bond donors (Lipinski definition) is 1. The Kier molecular flexibility index (Phi) is 4.06. The average molecular weight is 301 g/mol. The summed E-state index contributed by atoms with van der Waals surface area (Å²) >= 11 is 1.70. The van der Waals surface area contributed by atoms with E-state index >= 15 is 0 Å². The fraction of sp³-hybridized carbons (Fsp3) is 0.353. The second-order valence-electron chi connectivity index (χ2n) is 5.52. The van der Waals surface area contributed by atoms with E-state index in [2.05, 4.69) is 23.4 Å². The first-order valence-corrected chi connectivity index (χ1v) is 8.40. The quantitative estimate of drug-likeness (QED) is 0.853. The van der Waals surface area contributed by atoms with Gasteiger partial charge >= 0.3 is 0 Å². The van der Waals surface area contributed by atoms with Crippen LogP contribution in [0, 0.1) is 12.8 Å². The van der Waals surface area contributed by atoms with Gasteiger partial charge in [-0.25, -0.2) is 0 Å². The van der Waals surface area contributed by atoms with E-state index in [-0.39, 0.29) is 5.56 Å². The zero-order valence-electron chi connectivity index (χ0n) is 12.3. The molecule has 1 saturated carbocycles. The van der Waals surface area contributed by atoms with Gasteiger partial charge in [-0.15, -0.1) is 11.8 Å². The SMILES string of the molecule is CSc1ccc(OCC2CC2)c(-c2c[nH]c(=O)c(C)c2)c1. The van der Waals surface area contributed by atoms with Crippen LogP contribution in [0.25, 0.3) is 11.1 Å². The molecule has 4 heteroatoms. The van der Waals surface area contributed by atoms with Gasteiger partial charge in [0.2, 0.25) is 0 Å². The highest BCUT2D eigenvalue weighted by atomic mass is 32.2. The number of aromatic amines is 1. The maximum absolute atomic E-state index is 11.5. The molecule has 1 fully saturated rings. The number of thioether (sulfide) groups is 1. The lowest BCUT2D eigenvalue weighted by atomic mass is 10.1. The van der Waals surface area contributed by atoms with Crippen molar-refractivity contribution >= 4 is 11.8 Å². The van der Waals surface area contributed by atoms with Crippen LogP contribution in [0.3, 0.4) is 0 Å². The lowest BCUT2D eigenvalue weighted by Crippen LogP contribution is -2.08. The molecule has 0 spiro atoms. The van der Waals surface area contributed by atoms with E-state index in [0.29, 0.717) is 0 Å². The van der Waals surface area contributed by atoms with Crippen LogP contribution in [0.2, 0.25) is 0 Å². The Morgan fingerprint density at radius 2 is 2.14 bits per heavy atom. The Morgan fingerprint density at radius 1 is 1.33 bits per heavy atom. The van der Waals surface area contributed by atoms with Crippen molar-refractivity contribution in [2.45, 2.75) is 24.7 Å². The largest absolute Gasteiger partial charge is 0.493 e. The second kappa shape index (κ2) is 5.98. The molecular formula is C17H19NO2S. The maximum atomic E-state index is 11.5. The fourth-order valence-corrected chi connectivity index (χ4v) is 2.67. The minimum atomic E-state index is -0.0415. The Morgan fingerprint density at radius 3 is 2.81 bits per heavy atom. The zero-order chi connectivity index (χ0) is 14.8. The summed E-state index contributed by atoms with van der Waals surface area (Å²) in [6.07, 6.45) is 6.37. The third-order valence-electron chi connectivity index (χ3n) is 3.76. The molecule has 1 heterocycles. The Hall–Kier alpha value is -1.68. The molecule has 3 nitrogen and oxygen atoms in total. The first-order chi connectivity index (χ1) is 10.2. The van der Waals surface area contributed by atoms with E-state index in [1.807, 2.05) is 19.1 Å². The van der Waals surface area contributed by atoms with Crippen LogP contribution in [-0.4, -0.2) is 17.8 Å². The van der Waals surface area contributed by atoms with Gasteiger partial charge < -0.3 is 9.72 Å². The monoisotopic (exact) mass is 301 g/mol. The van der Waals surface area contributed by atoms with E-state index in [4.69, 9.17) is 4.74 Å². The third-order valence-corrected chi connectivity index (χ3v) is 4.48. The van der Waals surface area contributed by atoms with E-state index in [9.17, 15) is 4.79 Å². The molecule has 0 bridgehead atoms. The van der Waals surface area contributed by atoms with Crippen molar-refractivity contribution in [3.05, 3.63) is 46.4 Å². The molecule has 1 N–H and O–H groups in total. The molecule has 0 aliphatic heterocycles. The van der Waals surface area contributed by atoms with Crippen LogP contribution in [-0.2, 0) is 0 Å². The molecular weight excluding hydrogens is 282 g/mol. The summed E-state index contributed by atoms with van der Waals surface area (Å²) in [5.41, 5.74) is 2.71. The number of hydrogen-bond acceptors (Lipinski definition) is 3. The Balaban J connectivity index is 1.99. The van der Waals surface area contributed by atoms with Crippen LogP contribution in [0.1, 0.15) is 18.4 Å². The molecule has 1 aromatic heterocycles. The molecule has 1 aliphatic carbocycles. The molecule has 0 amide bonds. The first-order valence-electron chi connectivity index (χ1n) is 7.18. The van der Waals surface area contributed by atoms with Gasteiger partial charge in [-0.2, -0.15) is 0 Å². The number of H-pyrrole nitrogens is 1. The van der Waals surface area contributed by atoms with E-state index in [0.717, 1.165) is 35.0 Å². The van der Waals surface area contributed by atoms with Gasteiger partial charge in [0.15, 0.2) is 0 Å². The van der Waals surface area contributed by atoms with E-state index < -0.39 is 0 Å². The number of ether oxygens (including phenoxy) is 1. The highest BCUT2D eigenvalue weighted by Gasteiger charge is 2.22. The van der Waals surface area contributed by atoms with Crippen LogP contribution in [0.5, 0.6) is 5.75 Å². The molecule has 110 valence electrons. The predicted molar refractivity (Wildman–Crippen MR) is 87.2 cm³/mol. The smallest absolute Gasteiger partial charge is 0.250 e. The molecule has 0 radical (unpaired) electrons. The molecule has 21 heavy (non-hydrogen) atoms. The highest BCUT2D eigenvalue weighted by molar-refractivity contribution is 7.98. The van der Waals surface area contributed by atoms with Crippen LogP contribution >= 0.6 is 11.8 Å². The normalized spacial score (nSPS) is 14.2. The number of benzene rings is 1. The van der Waals surface area contributed by atoms with E-state index in [1.54, 1.807) is 18.0 Å². The minimum absolute atomic E-state index is 0.0415. The highest BCUT2D eigenvalue weighted by Crippen LogP contribution is 2.35. The van der Waals surface area contributed by atoms with Crippen LogP contribution < -0.4 is 10.3 Å². The number of aryl methyl sites for hydroxylation is 1. The van der Waals surface area contributed by atoms with E-state index in [1.165, 1.54) is 17.7 Å². The van der Waals surface area contributed by atoms with Gasteiger partial charge in [0.25, 0.3) is 5.56 Å². The lowest BCUT2D eigenvalue weighted by molar-refractivity contribution is 0.301. The van der Waals surface area contributed by atoms with Gasteiger partial charge in [0, 0.05) is 27.8 Å². The summed E-state index contributed by atoms with van der Waals surface area (Å²) in [4.78, 5) is 15.5. The van der Waals surface area contributed by atoms with Crippen molar-refractivity contribution in [2.24, 2.45) is 5.92 Å². The van der Waals surface area contributed by atoms with Gasteiger partial charge in [-0.3, -0.25) is 4.79 Å². The molecule has 2 aromatic rings. The van der Waals surface area contributed by atoms with Crippen molar-refractivity contribution < 1.29 is 4.74 Å². The summed E-state index contributed by atoms with van der Waals surface area (Å²) < 4.78 is 5.98. The predicted octanol–water partition coefficient (Wildman–Crippen LogP) is 3.86.